The fraction of sp³-hybridized carbons (Fsp3) is 0. The van der Waals surface area contributed by atoms with Gasteiger partial charge in [0, 0.05) is 34.9 Å². The molecule has 0 saturated heterocycles. The Labute approximate surface area is 150 Å². The Morgan fingerprint density at radius 3 is 2.64 bits per heavy atom. The average molecular weight is 372 g/mol. The van der Waals surface area contributed by atoms with E-state index < -0.39 is 5.91 Å². The molecule has 3 aromatic heterocycles. The first-order chi connectivity index (χ1) is 12.1. The summed E-state index contributed by atoms with van der Waals surface area (Å²) in [6.45, 7) is 0. The van der Waals surface area contributed by atoms with E-state index in [0.29, 0.717) is 21.5 Å². The SMILES string of the molecule is O=C(Nc1nccs1)c1cc2nccc(=O)n2n1-c1ccc(Cl)cc1. The standard InChI is InChI=1S/C16H10ClN5O2S/c17-10-1-3-11(4-2-10)21-12(15(24)20-16-19-7-8-25-16)9-13-18-6-5-14(23)22(13)21/h1-9H,(H,19,20,24). The van der Waals surface area contributed by atoms with E-state index in [-0.39, 0.29) is 11.3 Å². The normalized spacial score (nSPS) is 10.9. The molecule has 7 nitrogen and oxygen atoms in total. The molecule has 0 aliphatic rings. The Balaban J connectivity index is 1.93. The molecular weight excluding hydrogens is 362 g/mol. The van der Waals surface area contributed by atoms with E-state index >= 15 is 0 Å². The molecule has 0 aliphatic carbocycles. The van der Waals surface area contributed by atoms with Crippen LogP contribution in [0.2, 0.25) is 5.02 Å². The quantitative estimate of drug-likeness (QED) is 0.600. The topological polar surface area (TPSA) is 81.3 Å². The molecule has 1 amide bonds. The number of nitrogens with one attached hydrogen (secondary N) is 1. The van der Waals surface area contributed by atoms with Crippen LogP contribution in [-0.4, -0.2) is 25.1 Å². The van der Waals surface area contributed by atoms with E-state index in [0.717, 1.165) is 0 Å². The van der Waals surface area contributed by atoms with Crippen molar-refractivity contribution in [2.24, 2.45) is 0 Å². The molecule has 124 valence electrons. The Bertz CT molecular complexity index is 1120. The van der Waals surface area contributed by atoms with Crippen LogP contribution in [-0.2, 0) is 0 Å². The maximum absolute atomic E-state index is 12.7. The van der Waals surface area contributed by atoms with Gasteiger partial charge in [0.15, 0.2) is 10.8 Å². The van der Waals surface area contributed by atoms with Gasteiger partial charge in [0.25, 0.3) is 11.5 Å². The summed E-state index contributed by atoms with van der Waals surface area (Å²) >= 11 is 7.25. The van der Waals surface area contributed by atoms with E-state index in [1.165, 1.54) is 32.8 Å². The number of carbonyl (C=O) groups is 1. The van der Waals surface area contributed by atoms with Crippen LogP contribution in [0.5, 0.6) is 0 Å². The number of amides is 1. The molecule has 3 heterocycles. The molecule has 1 aromatic carbocycles. The van der Waals surface area contributed by atoms with Crippen LogP contribution in [0.4, 0.5) is 5.13 Å². The minimum atomic E-state index is -0.394. The fourth-order valence-electron chi connectivity index (χ4n) is 2.45. The zero-order valence-electron chi connectivity index (χ0n) is 12.6. The first-order valence-electron chi connectivity index (χ1n) is 7.20. The number of carbonyl (C=O) groups excluding carboxylic acids is 1. The van der Waals surface area contributed by atoms with Crippen LogP contribution in [0, 0.1) is 0 Å². The molecule has 25 heavy (non-hydrogen) atoms. The highest BCUT2D eigenvalue weighted by atomic mass is 35.5. The van der Waals surface area contributed by atoms with Crippen LogP contribution in [0.15, 0.2) is 59.0 Å². The molecule has 4 rings (SSSR count). The van der Waals surface area contributed by atoms with Crippen LogP contribution in [0.1, 0.15) is 10.5 Å². The van der Waals surface area contributed by atoms with Crippen LogP contribution in [0.25, 0.3) is 11.3 Å². The van der Waals surface area contributed by atoms with E-state index in [4.69, 9.17) is 11.6 Å². The van der Waals surface area contributed by atoms with Gasteiger partial charge in [-0.25, -0.2) is 14.6 Å². The smallest absolute Gasteiger partial charge is 0.276 e. The largest absolute Gasteiger partial charge is 0.296 e. The van der Waals surface area contributed by atoms with Crippen molar-refractivity contribution < 1.29 is 4.79 Å². The van der Waals surface area contributed by atoms with Crippen molar-refractivity contribution in [2.45, 2.75) is 0 Å². The lowest BCUT2D eigenvalue weighted by molar-refractivity contribution is 0.101. The van der Waals surface area contributed by atoms with Gasteiger partial charge in [0.05, 0.1) is 5.69 Å². The first kappa shape index (κ1) is 15.6. The van der Waals surface area contributed by atoms with E-state index in [1.54, 1.807) is 41.9 Å². The van der Waals surface area contributed by atoms with Crippen molar-refractivity contribution in [3.63, 3.8) is 0 Å². The maximum atomic E-state index is 12.7. The lowest BCUT2D eigenvalue weighted by Gasteiger charge is -2.10. The number of halogens is 1. The van der Waals surface area contributed by atoms with Crippen molar-refractivity contribution in [1.29, 1.82) is 0 Å². The second-order valence-corrected chi connectivity index (χ2v) is 6.39. The molecule has 1 N–H and O–H groups in total. The molecule has 4 aromatic rings. The number of fused-ring (bicyclic) bond motifs is 1. The molecule has 0 radical (unpaired) electrons. The average Bonchev–Trinajstić information content (AvgIpc) is 3.23. The first-order valence-corrected chi connectivity index (χ1v) is 8.46. The predicted molar refractivity (Wildman–Crippen MR) is 95.9 cm³/mol. The monoisotopic (exact) mass is 371 g/mol. The third kappa shape index (κ3) is 2.81. The molecule has 0 saturated carbocycles. The summed E-state index contributed by atoms with van der Waals surface area (Å²) in [6.07, 6.45) is 3.01. The number of benzene rings is 1. The summed E-state index contributed by atoms with van der Waals surface area (Å²) in [7, 11) is 0. The van der Waals surface area contributed by atoms with Gasteiger partial charge in [-0.05, 0) is 24.3 Å². The minimum absolute atomic E-state index is 0.258. The van der Waals surface area contributed by atoms with Crippen LogP contribution in [0.3, 0.4) is 0 Å². The second kappa shape index (κ2) is 6.15. The number of anilines is 1. The van der Waals surface area contributed by atoms with Gasteiger partial charge in [-0.15, -0.1) is 11.3 Å². The lowest BCUT2D eigenvalue weighted by atomic mass is 10.3. The van der Waals surface area contributed by atoms with Gasteiger partial charge < -0.3 is 0 Å². The molecule has 0 bridgehead atoms. The maximum Gasteiger partial charge on any atom is 0.276 e. The summed E-state index contributed by atoms with van der Waals surface area (Å²) in [4.78, 5) is 33.3. The second-order valence-electron chi connectivity index (χ2n) is 5.06. The summed E-state index contributed by atoms with van der Waals surface area (Å²) in [6, 6.07) is 9.71. The summed E-state index contributed by atoms with van der Waals surface area (Å²) in [5.41, 5.74) is 0.937. The molecule has 0 aliphatic heterocycles. The van der Waals surface area contributed by atoms with Gasteiger partial charge >= 0.3 is 0 Å². The number of thiazole rings is 1. The van der Waals surface area contributed by atoms with Gasteiger partial charge in [0.1, 0.15) is 5.69 Å². The molecule has 0 spiro atoms. The van der Waals surface area contributed by atoms with Crippen molar-refractivity contribution in [1.82, 2.24) is 19.2 Å². The number of nitrogens with zero attached hydrogens (tertiary/aromatic N) is 4. The molecular formula is C16H10ClN5O2S. The zero-order valence-corrected chi connectivity index (χ0v) is 14.2. The zero-order chi connectivity index (χ0) is 17.4. The van der Waals surface area contributed by atoms with Gasteiger partial charge in [-0.2, -0.15) is 4.52 Å². The number of hydrogen-bond donors (Lipinski definition) is 1. The van der Waals surface area contributed by atoms with Gasteiger partial charge in [-0.3, -0.25) is 14.9 Å². The fourth-order valence-corrected chi connectivity index (χ4v) is 3.10. The summed E-state index contributed by atoms with van der Waals surface area (Å²) in [5.74, 6) is -0.394. The van der Waals surface area contributed by atoms with Gasteiger partial charge in [-0.1, -0.05) is 11.6 Å². The highest BCUT2D eigenvalue weighted by Gasteiger charge is 2.19. The third-order valence-electron chi connectivity index (χ3n) is 3.50. The molecule has 0 atom stereocenters. The van der Waals surface area contributed by atoms with Crippen molar-refractivity contribution >= 4 is 39.6 Å². The number of hydrogen-bond acceptors (Lipinski definition) is 5. The van der Waals surface area contributed by atoms with Crippen molar-refractivity contribution in [2.75, 3.05) is 5.32 Å². The Kier molecular flexibility index (Phi) is 3.83. The Morgan fingerprint density at radius 2 is 1.92 bits per heavy atom. The Hall–Kier alpha value is -2.97. The molecule has 9 heteroatoms. The highest BCUT2D eigenvalue weighted by Crippen LogP contribution is 2.19. The minimum Gasteiger partial charge on any atom is -0.296 e. The predicted octanol–water partition coefficient (Wildman–Crippen LogP) is 2.85. The van der Waals surface area contributed by atoms with E-state index in [9.17, 15) is 9.59 Å². The summed E-state index contributed by atoms with van der Waals surface area (Å²) in [5, 5.41) is 5.50. The van der Waals surface area contributed by atoms with Crippen molar-refractivity contribution in [3.05, 3.63) is 75.2 Å². The Morgan fingerprint density at radius 1 is 1.12 bits per heavy atom. The van der Waals surface area contributed by atoms with Crippen LogP contribution >= 0.6 is 22.9 Å². The van der Waals surface area contributed by atoms with Crippen LogP contribution < -0.4 is 10.9 Å². The third-order valence-corrected chi connectivity index (χ3v) is 4.44. The molecule has 0 unspecified atom stereocenters. The number of aromatic nitrogens is 4. The molecule has 0 fully saturated rings. The van der Waals surface area contributed by atoms with E-state index in [2.05, 4.69) is 15.3 Å². The van der Waals surface area contributed by atoms with Gasteiger partial charge in [0.2, 0.25) is 0 Å². The van der Waals surface area contributed by atoms with E-state index in [1.807, 2.05) is 0 Å². The highest BCUT2D eigenvalue weighted by molar-refractivity contribution is 7.13. The number of rotatable bonds is 3. The lowest BCUT2D eigenvalue weighted by Crippen LogP contribution is -2.23. The van der Waals surface area contributed by atoms with Crippen molar-refractivity contribution in [3.8, 4) is 5.69 Å². The summed E-state index contributed by atoms with van der Waals surface area (Å²) < 4.78 is 2.84.